The Bertz CT molecular complexity index is 3510. The minimum absolute atomic E-state index is 0.0106. The minimum Gasteiger partial charge on any atom is -0.475 e. The lowest BCUT2D eigenvalue weighted by molar-refractivity contribution is -0.162. The smallest absolute Gasteiger partial charge is 0.374 e. The van der Waals surface area contributed by atoms with E-state index in [0.29, 0.717) is 23.4 Å². The molecule has 0 radical (unpaired) electrons. The van der Waals surface area contributed by atoms with Crippen LogP contribution in [0, 0.1) is 43.4 Å². The van der Waals surface area contributed by atoms with E-state index >= 15 is 0 Å². The average Bonchev–Trinajstić information content (AvgIpc) is 4.17. The predicted molar refractivity (Wildman–Crippen MR) is 257 cm³/mol. The molecule has 1 saturated heterocycles. The summed E-state index contributed by atoms with van der Waals surface area (Å²) in [7, 11) is 5.80. The van der Waals surface area contributed by atoms with Gasteiger partial charge < -0.3 is 32.7 Å². The molecule has 5 aromatic heterocycles. The lowest BCUT2D eigenvalue weighted by atomic mass is 9.74. The van der Waals surface area contributed by atoms with Crippen LogP contribution in [0.25, 0.3) is 32.7 Å². The first-order chi connectivity index (χ1) is 33.7. The zero-order chi connectivity index (χ0) is 49.3. The van der Waals surface area contributed by atoms with Crippen molar-refractivity contribution < 1.29 is 43.4 Å². The summed E-state index contributed by atoms with van der Waals surface area (Å²) >= 11 is 0. The number of rotatable bonds is 6. The van der Waals surface area contributed by atoms with E-state index in [9.17, 15) is 38.7 Å². The third kappa shape index (κ3) is 7.49. The summed E-state index contributed by atoms with van der Waals surface area (Å²) in [6.45, 7) is 4.77. The number of carboxylic acids is 1. The van der Waals surface area contributed by atoms with Crippen LogP contribution in [0.1, 0.15) is 66.2 Å². The number of aliphatic carboxylic acids is 1. The normalized spacial score (nSPS) is 20.5. The third-order valence-electron chi connectivity index (χ3n) is 15.1. The quantitative estimate of drug-likeness (QED) is 0.143. The van der Waals surface area contributed by atoms with Crippen molar-refractivity contribution in [3.8, 4) is 0 Å². The molecular weight excluding hydrogens is 891 g/mol. The number of esters is 1. The van der Waals surface area contributed by atoms with Gasteiger partial charge in [-0.1, -0.05) is 54.6 Å². The second-order valence-corrected chi connectivity index (χ2v) is 18.7. The second-order valence-electron chi connectivity index (χ2n) is 18.7. The maximum Gasteiger partial charge on any atom is 0.374 e. The van der Waals surface area contributed by atoms with Crippen molar-refractivity contribution in [2.24, 2.45) is 50.7 Å². The molecule has 1 N–H and O–H groups in total. The first-order valence-electron chi connectivity index (χ1n) is 23.4. The third-order valence-corrected chi connectivity index (χ3v) is 15.1. The Morgan fingerprint density at radius 1 is 0.614 bits per heavy atom. The van der Waals surface area contributed by atoms with Crippen molar-refractivity contribution in [2.75, 3.05) is 6.61 Å². The molecule has 3 aromatic carbocycles. The van der Waals surface area contributed by atoms with Gasteiger partial charge in [-0.05, 0) is 57.7 Å². The lowest BCUT2D eigenvalue weighted by Crippen LogP contribution is -2.47. The number of ketones is 5. The van der Waals surface area contributed by atoms with Crippen molar-refractivity contribution in [2.45, 2.75) is 52.6 Å². The van der Waals surface area contributed by atoms with E-state index in [0.717, 1.165) is 74.9 Å². The van der Waals surface area contributed by atoms with Crippen molar-refractivity contribution in [1.29, 1.82) is 0 Å². The Labute approximate surface area is 401 Å². The zero-order valence-electron chi connectivity index (χ0n) is 39.4. The summed E-state index contributed by atoms with van der Waals surface area (Å²) in [4.78, 5) is 94.9. The minimum atomic E-state index is -1.50. The molecule has 4 aliphatic rings. The molecule has 5 unspecified atom stereocenters. The van der Waals surface area contributed by atoms with E-state index < -0.39 is 47.2 Å². The lowest BCUT2D eigenvalue weighted by Gasteiger charge is -2.32. The molecule has 0 spiro atoms. The van der Waals surface area contributed by atoms with Crippen LogP contribution in [0.2, 0.25) is 0 Å². The summed E-state index contributed by atoms with van der Waals surface area (Å²) in [5, 5.41) is 12.1. The molecule has 5 atom stereocenters. The van der Waals surface area contributed by atoms with Crippen molar-refractivity contribution in [3.05, 3.63) is 143 Å². The summed E-state index contributed by atoms with van der Waals surface area (Å²) in [5.41, 5.74) is 7.98. The van der Waals surface area contributed by atoms with E-state index in [1.807, 2.05) is 104 Å². The Hall–Kier alpha value is -8.01. The fourth-order valence-corrected chi connectivity index (χ4v) is 11.3. The van der Waals surface area contributed by atoms with Gasteiger partial charge in [0.15, 0.2) is 17.3 Å². The van der Waals surface area contributed by atoms with Gasteiger partial charge in [0.05, 0.1) is 11.8 Å². The molecule has 356 valence electrons. The summed E-state index contributed by atoms with van der Waals surface area (Å²) in [5.74, 6) is -4.79. The molecular formula is C54H51N7O9. The average molecular weight is 942 g/mol. The van der Waals surface area contributed by atoms with Crippen LogP contribution in [-0.2, 0) is 77.4 Å². The van der Waals surface area contributed by atoms with E-state index in [-0.39, 0.29) is 42.8 Å². The highest BCUT2D eigenvalue weighted by atomic mass is 16.5. The maximum absolute atomic E-state index is 13.4. The van der Waals surface area contributed by atoms with Crippen molar-refractivity contribution in [3.63, 3.8) is 0 Å². The number of fused-ring (bicyclic) bond motifs is 10. The fraction of sp³-hybridized carbons (Fsp3) is 0.315. The summed E-state index contributed by atoms with van der Waals surface area (Å²) < 4.78 is 14.7. The molecule has 1 fully saturated rings. The number of para-hydroxylation sites is 3. The number of nitrogens with zero attached hydrogens (tertiary/aromatic N) is 7. The first-order valence-corrected chi connectivity index (χ1v) is 23.4. The van der Waals surface area contributed by atoms with Gasteiger partial charge in [0.1, 0.15) is 18.3 Å². The molecule has 0 amide bonds. The number of Topliss-reactive ketones (excluding diaryl/α,β-unsaturated/α-hetero) is 5. The second kappa shape index (κ2) is 17.8. The molecule has 6 heterocycles. The molecule has 1 aliphatic heterocycles. The van der Waals surface area contributed by atoms with Gasteiger partial charge in [0.2, 0.25) is 11.6 Å². The van der Waals surface area contributed by atoms with E-state index in [1.165, 1.54) is 5.69 Å². The van der Waals surface area contributed by atoms with Gasteiger partial charge in [-0.15, -0.1) is 0 Å². The summed E-state index contributed by atoms with van der Waals surface area (Å²) in [6, 6.07) is 23.5. The largest absolute Gasteiger partial charge is 0.475 e. The van der Waals surface area contributed by atoms with Crippen LogP contribution < -0.4 is 0 Å². The van der Waals surface area contributed by atoms with Gasteiger partial charge in [-0.2, -0.15) is 0 Å². The van der Waals surface area contributed by atoms with Crippen molar-refractivity contribution >= 4 is 73.6 Å². The zero-order valence-corrected chi connectivity index (χ0v) is 39.4. The monoisotopic (exact) mass is 941 g/mol. The van der Waals surface area contributed by atoms with Gasteiger partial charge in [0.25, 0.3) is 0 Å². The molecule has 16 heteroatoms. The number of benzene rings is 3. The molecule has 3 aliphatic carbocycles. The van der Waals surface area contributed by atoms with Crippen LogP contribution in [0.3, 0.4) is 0 Å². The molecule has 12 rings (SSSR count). The molecule has 0 saturated carbocycles. The number of carbonyl (C=O) groups is 7. The molecule has 16 nitrogen and oxygen atoms in total. The van der Waals surface area contributed by atoms with Crippen LogP contribution in [0.5, 0.6) is 0 Å². The Balaban J connectivity index is 0.000000123. The summed E-state index contributed by atoms with van der Waals surface area (Å²) in [6.07, 6.45) is 9.65. The molecule has 8 aromatic rings. The fourth-order valence-electron chi connectivity index (χ4n) is 11.3. The molecule has 70 heavy (non-hydrogen) atoms. The number of carbonyl (C=O) groups excluding carboxylic acids is 6. The van der Waals surface area contributed by atoms with Crippen LogP contribution in [-0.4, -0.2) is 85.4 Å². The van der Waals surface area contributed by atoms with Crippen molar-refractivity contribution in [1.82, 2.24) is 32.8 Å². The maximum atomic E-state index is 13.4. The van der Waals surface area contributed by atoms with Gasteiger partial charge in [-0.25, -0.2) is 19.6 Å². The van der Waals surface area contributed by atoms with E-state index in [4.69, 9.17) is 4.74 Å². The molecule has 0 bridgehead atoms. The van der Waals surface area contributed by atoms with Gasteiger partial charge >= 0.3 is 11.9 Å². The highest BCUT2D eigenvalue weighted by Crippen LogP contribution is 2.40. The van der Waals surface area contributed by atoms with Crippen LogP contribution in [0.15, 0.2) is 97.6 Å². The number of carboxylic acid groups (broad SMARTS) is 1. The number of hydrogen-bond donors (Lipinski definition) is 1. The topological polar surface area (TPSA) is 199 Å². The highest BCUT2D eigenvalue weighted by molar-refractivity contribution is 6.36. The number of aryl methyl sites for hydroxylation is 5. The van der Waals surface area contributed by atoms with Gasteiger partial charge in [0, 0.05) is 143 Å². The number of imidazole rings is 2. The Morgan fingerprint density at radius 3 is 1.63 bits per heavy atom. The van der Waals surface area contributed by atoms with E-state index in [2.05, 4.69) is 38.3 Å². The Kier molecular flexibility index (Phi) is 11.6. The number of aromatic nitrogens is 7. The Morgan fingerprint density at radius 2 is 1.10 bits per heavy atom. The number of hydrogen-bond acceptors (Lipinski definition) is 10. The highest BCUT2D eigenvalue weighted by Gasteiger charge is 2.48. The number of cyclic esters (lactones) is 1. The SMILES string of the molecule is Cc1nccn1CC1C(=O)c2c(n(C)c3ccccc23)CC1C(=O)C(=O)O.Cc1nccn1CC1CCc2c(c3ccccc3n2C)C1=O.Cn1c2c(c3ccccc31)C(=O)C1COC(=O)C(=O)C1C2. The predicted octanol–water partition coefficient (Wildman–Crippen LogP) is 6.41. The van der Waals surface area contributed by atoms with Gasteiger partial charge in [-0.3, -0.25) is 24.0 Å². The van der Waals surface area contributed by atoms with Crippen LogP contribution in [0.4, 0.5) is 0 Å². The van der Waals surface area contributed by atoms with E-state index in [1.54, 1.807) is 23.2 Å². The standard InChI is InChI=1S/C20H19N3O4.C18H19N3O.C16H13NO4/c1-11-21-7-8-23(11)10-14-13(19(25)20(26)27)9-16-17(18(14)24)12-5-3-4-6-15(12)22(16)2;1-12-19-9-10-21(12)11-13-7-8-16-17(18(13)22)14-5-3-4-6-15(14)20(16)2;1-17-11-5-3-2-4-8(11)13-12(17)6-9-10(14(13)18)7-21-16(20)15(9)19/h3-8,13-14H,9-10H2,1-2H3,(H,26,27);3-6,9-10,13H,7-8,11H2,1-2H3;2-5,9-10H,6-7H2,1H3. The van der Waals surface area contributed by atoms with Crippen LogP contribution >= 0.6 is 0 Å². The first kappa shape index (κ1) is 45.8. The number of ether oxygens (including phenoxy) is 1.